The van der Waals surface area contributed by atoms with Gasteiger partial charge < -0.3 is 21.3 Å². The first kappa shape index (κ1) is 20.1. The highest BCUT2D eigenvalue weighted by Crippen LogP contribution is 2.32. The zero-order valence-corrected chi connectivity index (χ0v) is 17.3. The van der Waals surface area contributed by atoms with Crippen molar-refractivity contribution in [3.8, 4) is 0 Å². The van der Waals surface area contributed by atoms with Gasteiger partial charge in [-0.25, -0.2) is 9.97 Å². The fraction of sp³-hybridized carbons (Fsp3) is 0.476. The molecule has 7 nitrogen and oxygen atoms in total. The molecule has 0 atom stereocenters. The Kier molecular flexibility index (Phi) is 5.84. The average molecular weight is 382 g/mol. The van der Waals surface area contributed by atoms with Crippen molar-refractivity contribution in [1.82, 2.24) is 15.0 Å². The molecule has 28 heavy (non-hydrogen) atoms. The third-order valence-corrected chi connectivity index (χ3v) is 5.81. The standard InChI is InChI=1S/C21H31N7/c1-14-15(2)24-9-6-17(14)26-16(3)19-20(23-5)27-18(12-25-19)28-10-7-21(4,13-22)8-11-28/h6,9,12H,3,7-8,10-11,13,22H2,1-2,4-5H3,(H,23,27)(H,24,26). The SMILES string of the molecule is C=C(Nc1ccnc(C)c1C)c1ncc(N2CCC(C)(CN)CC2)nc1NC. The van der Waals surface area contributed by atoms with Crippen LogP contribution in [-0.2, 0) is 0 Å². The number of nitrogens with two attached hydrogens (primary N) is 1. The zero-order valence-electron chi connectivity index (χ0n) is 17.3. The fourth-order valence-electron chi connectivity index (χ4n) is 3.40. The van der Waals surface area contributed by atoms with Gasteiger partial charge in [0, 0.05) is 37.7 Å². The molecular weight excluding hydrogens is 350 g/mol. The number of anilines is 3. The summed E-state index contributed by atoms with van der Waals surface area (Å²) in [7, 11) is 1.86. The van der Waals surface area contributed by atoms with Crippen LogP contribution in [0.5, 0.6) is 0 Å². The highest BCUT2D eigenvalue weighted by Gasteiger charge is 2.29. The lowest BCUT2D eigenvalue weighted by atomic mass is 9.80. The molecule has 7 heteroatoms. The maximum Gasteiger partial charge on any atom is 0.156 e. The minimum Gasteiger partial charge on any atom is -0.371 e. The number of aryl methyl sites for hydroxylation is 1. The van der Waals surface area contributed by atoms with Crippen molar-refractivity contribution in [2.75, 3.05) is 42.2 Å². The lowest BCUT2D eigenvalue weighted by molar-refractivity contribution is 0.258. The first-order chi connectivity index (χ1) is 13.4. The van der Waals surface area contributed by atoms with Crippen molar-refractivity contribution in [3.63, 3.8) is 0 Å². The summed E-state index contributed by atoms with van der Waals surface area (Å²) in [6.07, 6.45) is 5.75. The highest BCUT2D eigenvalue weighted by molar-refractivity contribution is 5.80. The summed E-state index contributed by atoms with van der Waals surface area (Å²) >= 11 is 0. The number of hydrogen-bond donors (Lipinski definition) is 3. The summed E-state index contributed by atoms with van der Waals surface area (Å²) in [5.41, 5.74) is 10.6. The summed E-state index contributed by atoms with van der Waals surface area (Å²) in [5.74, 6) is 1.60. The van der Waals surface area contributed by atoms with E-state index in [1.54, 1.807) is 6.20 Å². The van der Waals surface area contributed by atoms with Crippen molar-refractivity contribution >= 4 is 23.0 Å². The smallest absolute Gasteiger partial charge is 0.156 e. The molecule has 0 aromatic carbocycles. The van der Waals surface area contributed by atoms with Crippen LogP contribution in [0.4, 0.5) is 17.3 Å². The van der Waals surface area contributed by atoms with Crippen LogP contribution in [0.2, 0.25) is 0 Å². The molecule has 3 rings (SSSR count). The molecule has 0 spiro atoms. The van der Waals surface area contributed by atoms with Crippen LogP contribution < -0.4 is 21.3 Å². The minimum atomic E-state index is 0.231. The van der Waals surface area contributed by atoms with Crippen LogP contribution in [0.25, 0.3) is 5.70 Å². The minimum absolute atomic E-state index is 0.231. The molecule has 150 valence electrons. The molecule has 4 N–H and O–H groups in total. The molecule has 0 bridgehead atoms. The van der Waals surface area contributed by atoms with Gasteiger partial charge in [-0.3, -0.25) is 4.98 Å². The van der Waals surface area contributed by atoms with Crippen LogP contribution in [0, 0.1) is 19.3 Å². The molecule has 1 saturated heterocycles. The maximum absolute atomic E-state index is 5.93. The molecular formula is C21H31N7. The summed E-state index contributed by atoms with van der Waals surface area (Å²) in [6, 6.07) is 1.94. The number of piperidine rings is 1. The topological polar surface area (TPSA) is 92.0 Å². The Morgan fingerprint density at radius 2 is 2.00 bits per heavy atom. The average Bonchev–Trinajstić information content (AvgIpc) is 2.71. The molecule has 2 aromatic heterocycles. The van der Waals surface area contributed by atoms with E-state index in [0.717, 1.165) is 55.2 Å². The van der Waals surface area contributed by atoms with E-state index < -0.39 is 0 Å². The number of nitrogens with one attached hydrogen (secondary N) is 2. The van der Waals surface area contributed by atoms with E-state index in [1.807, 2.05) is 33.2 Å². The van der Waals surface area contributed by atoms with E-state index in [9.17, 15) is 0 Å². The lowest BCUT2D eigenvalue weighted by Gasteiger charge is -2.39. The quantitative estimate of drug-likeness (QED) is 0.708. The zero-order chi connectivity index (χ0) is 20.3. The molecule has 0 saturated carbocycles. The van der Waals surface area contributed by atoms with Crippen molar-refractivity contribution in [3.05, 3.63) is 42.0 Å². The molecule has 1 aliphatic heterocycles. The van der Waals surface area contributed by atoms with E-state index in [-0.39, 0.29) is 5.41 Å². The predicted molar refractivity (Wildman–Crippen MR) is 117 cm³/mol. The van der Waals surface area contributed by atoms with Crippen molar-refractivity contribution in [2.45, 2.75) is 33.6 Å². The van der Waals surface area contributed by atoms with Crippen LogP contribution in [0.3, 0.4) is 0 Å². The molecule has 0 unspecified atom stereocenters. The third kappa shape index (κ3) is 4.09. The van der Waals surface area contributed by atoms with Crippen molar-refractivity contribution < 1.29 is 0 Å². The Bertz CT molecular complexity index is 854. The van der Waals surface area contributed by atoms with Crippen LogP contribution in [0.1, 0.15) is 36.7 Å². The summed E-state index contributed by atoms with van der Waals surface area (Å²) in [6.45, 7) is 13.1. The fourth-order valence-corrected chi connectivity index (χ4v) is 3.40. The van der Waals surface area contributed by atoms with Gasteiger partial charge in [0.2, 0.25) is 0 Å². The van der Waals surface area contributed by atoms with Crippen molar-refractivity contribution in [2.24, 2.45) is 11.1 Å². The number of pyridine rings is 1. The Labute approximate surface area is 167 Å². The Hall–Kier alpha value is -2.67. The normalized spacial score (nSPS) is 16.0. The predicted octanol–water partition coefficient (Wildman–Crippen LogP) is 3.18. The van der Waals surface area contributed by atoms with Gasteiger partial charge >= 0.3 is 0 Å². The maximum atomic E-state index is 5.93. The van der Waals surface area contributed by atoms with Crippen LogP contribution in [-0.4, -0.2) is 41.6 Å². The summed E-state index contributed by atoms with van der Waals surface area (Å²) < 4.78 is 0. The van der Waals surface area contributed by atoms with Crippen molar-refractivity contribution in [1.29, 1.82) is 0 Å². The molecule has 0 aliphatic carbocycles. The molecule has 1 fully saturated rings. The van der Waals surface area contributed by atoms with E-state index in [1.165, 1.54) is 0 Å². The monoisotopic (exact) mass is 381 g/mol. The largest absolute Gasteiger partial charge is 0.371 e. The number of nitrogens with zero attached hydrogens (tertiary/aromatic N) is 4. The molecule has 3 heterocycles. The molecule has 0 amide bonds. The van der Waals surface area contributed by atoms with E-state index >= 15 is 0 Å². The number of aromatic nitrogens is 3. The van der Waals surface area contributed by atoms with Gasteiger partial charge in [-0.2, -0.15) is 0 Å². The summed E-state index contributed by atoms with van der Waals surface area (Å²) in [4.78, 5) is 16.0. The van der Waals surface area contributed by atoms with Crippen LogP contribution in [0.15, 0.2) is 25.0 Å². The number of hydrogen-bond acceptors (Lipinski definition) is 7. The van der Waals surface area contributed by atoms with E-state index in [0.29, 0.717) is 17.2 Å². The lowest BCUT2D eigenvalue weighted by Crippen LogP contribution is -2.42. The van der Waals surface area contributed by atoms with Gasteiger partial charge in [0.05, 0.1) is 11.9 Å². The second-order valence-corrected chi connectivity index (χ2v) is 7.85. The Morgan fingerprint density at radius 3 is 2.64 bits per heavy atom. The molecule has 1 aliphatic rings. The second-order valence-electron chi connectivity index (χ2n) is 7.85. The molecule has 2 aromatic rings. The summed E-state index contributed by atoms with van der Waals surface area (Å²) in [5, 5.41) is 6.52. The van der Waals surface area contributed by atoms with Gasteiger partial charge in [-0.15, -0.1) is 0 Å². The Morgan fingerprint density at radius 1 is 1.29 bits per heavy atom. The first-order valence-electron chi connectivity index (χ1n) is 9.75. The second kappa shape index (κ2) is 8.14. The van der Waals surface area contributed by atoms with Gasteiger partial charge in [-0.1, -0.05) is 13.5 Å². The Balaban J connectivity index is 1.78. The van der Waals surface area contributed by atoms with E-state index in [4.69, 9.17) is 10.7 Å². The van der Waals surface area contributed by atoms with Gasteiger partial charge in [-0.05, 0) is 50.3 Å². The first-order valence-corrected chi connectivity index (χ1v) is 9.75. The van der Waals surface area contributed by atoms with Gasteiger partial charge in [0.15, 0.2) is 5.82 Å². The molecule has 0 radical (unpaired) electrons. The highest BCUT2D eigenvalue weighted by atomic mass is 15.2. The van der Waals surface area contributed by atoms with Gasteiger partial charge in [0.25, 0.3) is 0 Å². The van der Waals surface area contributed by atoms with Gasteiger partial charge in [0.1, 0.15) is 11.5 Å². The van der Waals surface area contributed by atoms with Crippen LogP contribution >= 0.6 is 0 Å². The number of rotatable bonds is 6. The third-order valence-electron chi connectivity index (χ3n) is 5.81. The van der Waals surface area contributed by atoms with E-state index in [2.05, 4.69) is 39.0 Å².